The molecule has 0 aromatic heterocycles. The largest absolute Gasteiger partial charge is 0.453 e. The number of carbonyl (C=O) groups excluding carboxylic acids is 5. The second kappa shape index (κ2) is 10.8. The van der Waals surface area contributed by atoms with E-state index in [4.69, 9.17) is 4.74 Å². The zero-order valence-corrected chi connectivity index (χ0v) is 18.4. The highest BCUT2D eigenvalue weighted by atomic mass is 19.2. The zero-order valence-electron chi connectivity index (χ0n) is 18.4. The van der Waals surface area contributed by atoms with Gasteiger partial charge >= 0.3 is 5.97 Å². The molecule has 0 fully saturated rings. The maximum atomic E-state index is 13.6. The van der Waals surface area contributed by atoms with Crippen molar-refractivity contribution < 1.29 is 41.9 Å². The lowest BCUT2D eigenvalue weighted by Gasteiger charge is -2.15. The number of nitrogens with one attached hydrogen (secondary N) is 2. The maximum Gasteiger partial charge on any atom is 0.306 e. The third-order valence-corrected chi connectivity index (χ3v) is 5.05. The topological polar surface area (TPSA) is 122 Å². The molecule has 1 atom stereocenters. The minimum Gasteiger partial charge on any atom is -0.453 e. The monoisotopic (exact) mass is 491 g/mol. The Morgan fingerprint density at radius 1 is 0.971 bits per heavy atom. The first kappa shape index (κ1) is 25.4. The molecule has 0 saturated heterocycles. The Morgan fingerprint density at radius 3 is 2.23 bits per heavy atom. The summed E-state index contributed by atoms with van der Waals surface area (Å²) in [5.74, 6) is -8.20. The van der Waals surface area contributed by atoms with Gasteiger partial charge in [-0.15, -0.1) is 0 Å². The Morgan fingerprint density at radius 2 is 1.60 bits per heavy atom. The van der Waals surface area contributed by atoms with E-state index in [1.54, 1.807) is 24.3 Å². The van der Waals surface area contributed by atoms with Crippen molar-refractivity contribution in [1.29, 1.82) is 0 Å². The van der Waals surface area contributed by atoms with Crippen LogP contribution in [0, 0.1) is 17.5 Å². The Balaban J connectivity index is 1.39. The number of nitrogens with zero attached hydrogens (tertiary/aromatic N) is 1. The molecule has 0 radical (unpaired) electrons. The minimum absolute atomic E-state index is 0.0112. The summed E-state index contributed by atoms with van der Waals surface area (Å²) in [6.45, 7) is 0.589. The van der Waals surface area contributed by atoms with Crippen molar-refractivity contribution in [3.05, 3.63) is 65.0 Å². The molecule has 9 nitrogen and oxygen atoms in total. The van der Waals surface area contributed by atoms with Crippen LogP contribution in [0.5, 0.6) is 0 Å². The molecular weight excluding hydrogens is 471 g/mol. The molecule has 0 saturated carbocycles. The second-order valence-corrected chi connectivity index (χ2v) is 7.53. The van der Waals surface area contributed by atoms with Gasteiger partial charge in [0.2, 0.25) is 5.91 Å². The highest BCUT2D eigenvalue weighted by Crippen LogP contribution is 2.23. The minimum atomic E-state index is -1.75. The van der Waals surface area contributed by atoms with Gasteiger partial charge in [0.15, 0.2) is 23.6 Å². The van der Waals surface area contributed by atoms with E-state index >= 15 is 0 Å². The van der Waals surface area contributed by atoms with Gasteiger partial charge in [0, 0.05) is 13.0 Å². The molecule has 1 heterocycles. The predicted molar refractivity (Wildman–Crippen MR) is 115 cm³/mol. The van der Waals surface area contributed by atoms with Gasteiger partial charge in [-0.25, -0.2) is 13.2 Å². The smallest absolute Gasteiger partial charge is 0.306 e. The molecule has 2 aromatic rings. The van der Waals surface area contributed by atoms with Gasteiger partial charge < -0.3 is 15.4 Å². The SMILES string of the molecule is CC(OC(=O)CCCN1C(=O)c2ccccc2C1=O)C(=O)NCC(=O)Nc1ccc(F)c(F)c1F. The summed E-state index contributed by atoms with van der Waals surface area (Å²) in [6.07, 6.45) is -1.35. The summed E-state index contributed by atoms with van der Waals surface area (Å²) in [7, 11) is 0. The van der Waals surface area contributed by atoms with Crippen LogP contribution >= 0.6 is 0 Å². The molecular formula is C23H20F3N3O6. The third kappa shape index (κ3) is 5.83. The van der Waals surface area contributed by atoms with Crippen molar-refractivity contribution >= 4 is 35.3 Å². The van der Waals surface area contributed by atoms with Crippen LogP contribution in [0.1, 0.15) is 40.5 Å². The van der Waals surface area contributed by atoms with Gasteiger partial charge in [-0.1, -0.05) is 12.1 Å². The van der Waals surface area contributed by atoms with E-state index in [1.165, 1.54) is 6.92 Å². The quantitative estimate of drug-likeness (QED) is 0.315. The van der Waals surface area contributed by atoms with E-state index in [1.807, 2.05) is 5.32 Å². The van der Waals surface area contributed by atoms with Crippen LogP contribution in [0.4, 0.5) is 18.9 Å². The number of halogens is 3. The maximum absolute atomic E-state index is 13.6. The van der Waals surface area contributed by atoms with Gasteiger partial charge in [-0.3, -0.25) is 28.9 Å². The summed E-state index contributed by atoms with van der Waals surface area (Å²) in [4.78, 5) is 61.5. The molecule has 1 unspecified atom stereocenters. The van der Waals surface area contributed by atoms with E-state index < -0.39 is 65.4 Å². The molecule has 0 bridgehead atoms. The molecule has 184 valence electrons. The van der Waals surface area contributed by atoms with Crippen LogP contribution in [0.25, 0.3) is 0 Å². The number of carbonyl (C=O) groups is 5. The van der Waals surface area contributed by atoms with Crippen LogP contribution in [-0.4, -0.2) is 53.7 Å². The predicted octanol–water partition coefficient (Wildman–Crippen LogP) is 2.17. The molecule has 1 aliphatic heterocycles. The van der Waals surface area contributed by atoms with Crippen LogP contribution in [0.2, 0.25) is 0 Å². The van der Waals surface area contributed by atoms with Crippen LogP contribution < -0.4 is 10.6 Å². The number of fused-ring (bicyclic) bond motifs is 1. The number of benzene rings is 2. The molecule has 0 aliphatic carbocycles. The van der Waals surface area contributed by atoms with Gasteiger partial charge in [0.1, 0.15) is 0 Å². The van der Waals surface area contributed by atoms with Crippen molar-refractivity contribution in [1.82, 2.24) is 10.2 Å². The molecule has 2 N–H and O–H groups in total. The molecule has 1 aliphatic rings. The third-order valence-electron chi connectivity index (χ3n) is 5.05. The number of hydrogen-bond donors (Lipinski definition) is 2. The van der Waals surface area contributed by atoms with E-state index in [-0.39, 0.29) is 19.4 Å². The Bertz CT molecular complexity index is 1170. The number of ether oxygens (including phenoxy) is 1. The lowest BCUT2D eigenvalue weighted by Crippen LogP contribution is -2.40. The summed E-state index contributed by atoms with van der Waals surface area (Å²) >= 11 is 0. The number of esters is 1. The van der Waals surface area contributed by atoms with E-state index in [9.17, 15) is 37.1 Å². The summed E-state index contributed by atoms with van der Waals surface area (Å²) < 4.78 is 44.7. The number of amides is 4. The number of rotatable bonds is 9. The van der Waals surface area contributed by atoms with Crippen molar-refractivity contribution in [3.63, 3.8) is 0 Å². The van der Waals surface area contributed by atoms with E-state index in [0.29, 0.717) is 17.2 Å². The first-order valence-electron chi connectivity index (χ1n) is 10.5. The molecule has 12 heteroatoms. The lowest BCUT2D eigenvalue weighted by atomic mass is 10.1. The van der Waals surface area contributed by atoms with Crippen molar-refractivity contribution in [2.45, 2.75) is 25.9 Å². The standard InChI is InChI=1S/C23H20F3N3O6/c1-12(21(32)27-11-17(30)28-16-9-8-15(24)19(25)20(16)26)35-18(31)7-4-10-29-22(33)13-5-2-3-6-14(13)23(29)34/h2-3,5-6,8-9,12H,4,7,10-11H2,1H3,(H,27,32)(H,28,30). The van der Waals surface area contributed by atoms with Crippen molar-refractivity contribution in [2.24, 2.45) is 0 Å². The molecule has 0 spiro atoms. The van der Waals surface area contributed by atoms with Gasteiger partial charge in [0.25, 0.3) is 17.7 Å². The first-order valence-corrected chi connectivity index (χ1v) is 10.5. The van der Waals surface area contributed by atoms with Crippen LogP contribution in [-0.2, 0) is 19.1 Å². The number of hydrogen-bond acceptors (Lipinski definition) is 6. The zero-order chi connectivity index (χ0) is 25.7. The molecule has 35 heavy (non-hydrogen) atoms. The highest BCUT2D eigenvalue weighted by molar-refractivity contribution is 6.21. The average Bonchev–Trinajstić information content (AvgIpc) is 3.07. The van der Waals surface area contributed by atoms with Crippen molar-refractivity contribution in [3.8, 4) is 0 Å². The fourth-order valence-corrected chi connectivity index (χ4v) is 3.26. The second-order valence-electron chi connectivity index (χ2n) is 7.53. The number of anilines is 1. The van der Waals surface area contributed by atoms with Gasteiger partial charge in [-0.05, 0) is 37.6 Å². The average molecular weight is 491 g/mol. The van der Waals surface area contributed by atoms with Gasteiger partial charge in [-0.2, -0.15) is 0 Å². The highest BCUT2D eigenvalue weighted by Gasteiger charge is 2.34. The first-order chi connectivity index (χ1) is 16.6. The van der Waals surface area contributed by atoms with E-state index in [0.717, 1.165) is 11.0 Å². The Hall–Kier alpha value is -4.22. The molecule has 3 rings (SSSR count). The normalized spacial score (nSPS) is 13.3. The number of imide groups is 1. The fraction of sp³-hybridized carbons (Fsp3) is 0.261. The van der Waals surface area contributed by atoms with E-state index in [2.05, 4.69) is 5.32 Å². The summed E-state index contributed by atoms with van der Waals surface area (Å²) in [5.41, 5.74) is -0.0240. The molecule has 4 amide bonds. The van der Waals surface area contributed by atoms with Crippen LogP contribution in [0.3, 0.4) is 0 Å². The van der Waals surface area contributed by atoms with Crippen molar-refractivity contribution in [2.75, 3.05) is 18.4 Å². The Kier molecular flexibility index (Phi) is 7.84. The molecule has 2 aromatic carbocycles. The van der Waals surface area contributed by atoms with Crippen LogP contribution in [0.15, 0.2) is 36.4 Å². The summed E-state index contributed by atoms with van der Waals surface area (Å²) in [5, 5.41) is 4.14. The summed E-state index contributed by atoms with van der Waals surface area (Å²) in [6, 6.07) is 7.81. The fourth-order valence-electron chi connectivity index (χ4n) is 3.26. The lowest BCUT2D eigenvalue weighted by molar-refractivity contribution is -0.155. The Labute approximate surface area is 197 Å². The van der Waals surface area contributed by atoms with Gasteiger partial charge in [0.05, 0.1) is 23.4 Å².